The van der Waals surface area contributed by atoms with Crippen molar-refractivity contribution in [2.75, 3.05) is 12.3 Å². The number of hydrogen-bond donors (Lipinski definition) is 3. The minimum Gasteiger partial charge on any atom is -0.508 e. The van der Waals surface area contributed by atoms with E-state index in [0.29, 0.717) is 12.2 Å². The average Bonchev–Trinajstić information content (AvgIpc) is 2.89. The van der Waals surface area contributed by atoms with Crippen molar-refractivity contribution < 1.29 is 10.2 Å². The summed E-state index contributed by atoms with van der Waals surface area (Å²) in [5.74, 6) is 0.229. The van der Waals surface area contributed by atoms with Crippen molar-refractivity contribution in [3.05, 3.63) is 60.7 Å². The molecule has 0 aliphatic carbocycles. The van der Waals surface area contributed by atoms with Crippen LogP contribution < -0.4 is 5.73 Å². The van der Waals surface area contributed by atoms with Crippen LogP contribution in [0.15, 0.2) is 60.7 Å². The third-order valence-electron chi connectivity index (χ3n) is 4.45. The molecule has 0 atom stereocenters. The molecule has 0 bridgehead atoms. The topological polar surface area (TPSA) is 71.4 Å². The number of aromatic nitrogens is 1. The Morgan fingerprint density at radius 3 is 2.38 bits per heavy atom. The largest absolute Gasteiger partial charge is 0.508 e. The molecule has 1 aromatic heterocycles. The highest BCUT2D eigenvalue weighted by Crippen LogP contribution is 2.36. The van der Waals surface area contributed by atoms with Crippen LogP contribution in [0.3, 0.4) is 0 Å². The molecule has 0 saturated heterocycles. The fraction of sp³-hybridized carbons (Fsp3) is 0.100. The standard InChI is InChI=1S/C20H18N2O2/c21-18-11-17-15-3-1-2-4-19(15)22(9-10-23)20(17)12-16(18)13-5-7-14(24)8-6-13/h1-8,11-12,23-24H,9-10,21H2. The summed E-state index contributed by atoms with van der Waals surface area (Å²) in [4.78, 5) is 0. The van der Waals surface area contributed by atoms with E-state index < -0.39 is 0 Å². The third kappa shape index (κ3) is 2.20. The molecule has 4 aromatic rings. The first-order valence-corrected chi connectivity index (χ1v) is 7.90. The Labute approximate surface area is 139 Å². The Morgan fingerprint density at radius 1 is 0.875 bits per heavy atom. The molecule has 0 aliphatic rings. The van der Waals surface area contributed by atoms with Crippen LogP contribution in [0.4, 0.5) is 5.69 Å². The number of rotatable bonds is 3. The van der Waals surface area contributed by atoms with Gasteiger partial charge >= 0.3 is 0 Å². The van der Waals surface area contributed by atoms with E-state index in [2.05, 4.69) is 22.8 Å². The number of hydrogen-bond acceptors (Lipinski definition) is 3. The molecule has 120 valence electrons. The highest BCUT2D eigenvalue weighted by atomic mass is 16.3. The number of para-hydroxylation sites is 1. The maximum absolute atomic E-state index is 9.49. The number of benzene rings is 3. The van der Waals surface area contributed by atoms with Crippen molar-refractivity contribution in [1.82, 2.24) is 4.57 Å². The number of aromatic hydroxyl groups is 1. The summed E-state index contributed by atoms with van der Waals surface area (Å²) in [6.07, 6.45) is 0. The summed E-state index contributed by atoms with van der Waals surface area (Å²) < 4.78 is 2.12. The lowest BCUT2D eigenvalue weighted by Crippen LogP contribution is -2.01. The van der Waals surface area contributed by atoms with Gasteiger partial charge in [-0.3, -0.25) is 0 Å². The molecule has 0 radical (unpaired) electrons. The Kier molecular flexibility index (Phi) is 3.40. The van der Waals surface area contributed by atoms with E-state index in [1.165, 1.54) is 0 Å². The van der Waals surface area contributed by atoms with Gasteiger partial charge in [0, 0.05) is 39.6 Å². The van der Waals surface area contributed by atoms with Crippen LogP contribution in [0.25, 0.3) is 32.9 Å². The number of nitrogens with two attached hydrogens (primary N) is 1. The highest BCUT2D eigenvalue weighted by Gasteiger charge is 2.13. The average molecular weight is 318 g/mol. The maximum atomic E-state index is 9.49. The predicted molar refractivity (Wildman–Crippen MR) is 98.0 cm³/mol. The Bertz CT molecular complexity index is 1030. The van der Waals surface area contributed by atoms with E-state index in [0.717, 1.165) is 32.9 Å². The van der Waals surface area contributed by atoms with Gasteiger partial charge in [0.1, 0.15) is 5.75 Å². The molecule has 0 unspecified atom stereocenters. The zero-order valence-electron chi connectivity index (χ0n) is 13.1. The monoisotopic (exact) mass is 318 g/mol. The first-order chi connectivity index (χ1) is 11.7. The molecule has 1 heterocycles. The van der Waals surface area contributed by atoms with Crippen molar-refractivity contribution in [3.8, 4) is 16.9 Å². The zero-order chi connectivity index (χ0) is 16.7. The Hall–Kier alpha value is -2.98. The highest BCUT2D eigenvalue weighted by molar-refractivity contribution is 6.10. The van der Waals surface area contributed by atoms with Crippen LogP contribution in [0, 0.1) is 0 Å². The summed E-state index contributed by atoms with van der Waals surface area (Å²) in [5, 5.41) is 21.2. The van der Waals surface area contributed by atoms with Crippen molar-refractivity contribution >= 4 is 27.5 Å². The van der Waals surface area contributed by atoms with Crippen molar-refractivity contribution in [2.45, 2.75) is 6.54 Å². The van der Waals surface area contributed by atoms with Crippen LogP contribution >= 0.6 is 0 Å². The lowest BCUT2D eigenvalue weighted by molar-refractivity contribution is 0.280. The van der Waals surface area contributed by atoms with Gasteiger partial charge in [-0.1, -0.05) is 30.3 Å². The minimum absolute atomic E-state index is 0.0761. The smallest absolute Gasteiger partial charge is 0.115 e. The molecule has 4 rings (SSSR count). The SMILES string of the molecule is Nc1cc2c3ccccc3n(CCO)c2cc1-c1ccc(O)cc1. The first kappa shape index (κ1) is 14.6. The third-order valence-corrected chi connectivity index (χ3v) is 4.45. The van der Waals surface area contributed by atoms with Crippen molar-refractivity contribution in [1.29, 1.82) is 0 Å². The van der Waals surface area contributed by atoms with Gasteiger partial charge in [-0.15, -0.1) is 0 Å². The van der Waals surface area contributed by atoms with E-state index >= 15 is 0 Å². The number of aliphatic hydroxyl groups is 1. The van der Waals surface area contributed by atoms with E-state index in [1.807, 2.05) is 30.3 Å². The number of phenols is 1. The van der Waals surface area contributed by atoms with E-state index in [-0.39, 0.29) is 12.4 Å². The lowest BCUT2D eigenvalue weighted by Gasteiger charge is -2.09. The fourth-order valence-electron chi connectivity index (χ4n) is 3.34. The van der Waals surface area contributed by atoms with Gasteiger partial charge in [0.05, 0.1) is 6.61 Å². The molecule has 3 aromatic carbocycles. The Morgan fingerprint density at radius 2 is 1.62 bits per heavy atom. The molecule has 4 nitrogen and oxygen atoms in total. The molecular weight excluding hydrogens is 300 g/mol. The van der Waals surface area contributed by atoms with Gasteiger partial charge in [0.15, 0.2) is 0 Å². The van der Waals surface area contributed by atoms with Crippen LogP contribution in [0.2, 0.25) is 0 Å². The predicted octanol–water partition coefficient (Wildman–Crippen LogP) is 3.74. The quantitative estimate of drug-likeness (QED) is 0.504. The van der Waals surface area contributed by atoms with Crippen molar-refractivity contribution in [3.63, 3.8) is 0 Å². The number of phenolic OH excluding ortho intramolecular Hbond substituents is 1. The summed E-state index contributed by atoms with van der Waals surface area (Å²) >= 11 is 0. The molecule has 0 spiro atoms. The second-order valence-electron chi connectivity index (χ2n) is 5.90. The lowest BCUT2D eigenvalue weighted by atomic mass is 10.0. The molecule has 4 heteroatoms. The second kappa shape index (κ2) is 5.58. The van der Waals surface area contributed by atoms with E-state index in [1.54, 1.807) is 12.1 Å². The number of fused-ring (bicyclic) bond motifs is 3. The Balaban J connectivity index is 2.04. The number of aliphatic hydroxyl groups excluding tert-OH is 1. The molecule has 24 heavy (non-hydrogen) atoms. The second-order valence-corrected chi connectivity index (χ2v) is 5.90. The molecule has 0 fully saturated rings. The number of nitrogens with zero attached hydrogens (tertiary/aromatic N) is 1. The summed E-state index contributed by atoms with van der Waals surface area (Å²) in [5.41, 5.74) is 11.0. The van der Waals surface area contributed by atoms with Gasteiger partial charge in [-0.2, -0.15) is 0 Å². The minimum atomic E-state index is 0.0761. The van der Waals surface area contributed by atoms with Crippen LogP contribution in [-0.4, -0.2) is 21.4 Å². The van der Waals surface area contributed by atoms with Gasteiger partial charge in [-0.05, 0) is 35.9 Å². The molecule has 4 N–H and O–H groups in total. The van der Waals surface area contributed by atoms with Crippen molar-refractivity contribution in [2.24, 2.45) is 0 Å². The number of anilines is 1. The van der Waals surface area contributed by atoms with Gasteiger partial charge < -0.3 is 20.5 Å². The summed E-state index contributed by atoms with van der Waals surface area (Å²) in [6, 6.07) is 19.2. The van der Waals surface area contributed by atoms with Crippen LogP contribution in [0.5, 0.6) is 5.75 Å². The molecule has 0 saturated carbocycles. The summed E-state index contributed by atoms with van der Waals surface area (Å²) in [7, 11) is 0. The van der Waals surface area contributed by atoms with Crippen LogP contribution in [0.1, 0.15) is 0 Å². The maximum Gasteiger partial charge on any atom is 0.115 e. The van der Waals surface area contributed by atoms with Gasteiger partial charge in [0.25, 0.3) is 0 Å². The number of nitrogen functional groups attached to an aromatic ring is 1. The van der Waals surface area contributed by atoms with E-state index in [4.69, 9.17) is 5.73 Å². The first-order valence-electron chi connectivity index (χ1n) is 7.90. The fourth-order valence-corrected chi connectivity index (χ4v) is 3.34. The zero-order valence-corrected chi connectivity index (χ0v) is 13.1. The van der Waals surface area contributed by atoms with Gasteiger partial charge in [-0.25, -0.2) is 0 Å². The van der Waals surface area contributed by atoms with E-state index in [9.17, 15) is 10.2 Å². The normalized spacial score (nSPS) is 11.4. The molecular formula is C20H18N2O2. The molecule has 0 aliphatic heterocycles. The van der Waals surface area contributed by atoms with Gasteiger partial charge in [0.2, 0.25) is 0 Å². The summed E-state index contributed by atoms with van der Waals surface area (Å²) in [6.45, 7) is 0.607. The molecule has 0 amide bonds. The van der Waals surface area contributed by atoms with Crippen LogP contribution in [-0.2, 0) is 6.54 Å².